The van der Waals surface area contributed by atoms with Crippen molar-refractivity contribution in [1.29, 1.82) is 0 Å². The Morgan fingerprint density at radius 2 is 2.29 bits per heavy atom. The molecule has 0 aromatic rings. The first-order valence-electron chi connectivity index (χ1n) is 6.80. The maximum Gasteiger partial charge on any atom is 0.305 e. The van der Waals surface area contributed by atoms with Gasteiger partial charge in [0.25, 0.3) is 0 Å². The number of rotatable bonds is 7. The Kier molecular flexibility index (Phi) is 7.21. The summed E-state index contributed by atoms with van der Waals surface area (Å²) in [5.74, 6) is -0.0796. The van der Waals surface area contributed by atoms with E-state index >= 15 is 0 Å². The maximum absolute atomic E-state index is 11.1. The lowest BCUT2D eigenvalue weighted by molar-refractivity contribution is -0.143. The van der Waals surface area contributed by atoms with Gasteiger partial charge in [0.05, 0.1) is 6.61 Å². The predicted molar refractivity (Wildman–Crippen MR) is 69.0 cm³/mol. The van der Waals surface area contributed by atoms with Crippen LogP contribution in [0.15, 0.2) is 0 Å². The van der Waals surface area contributed by atoms with Crippen LogP contribution in [-0.4, -0.2) is 50.2 Å². The Labute approximate surface area is 105 Å². The van der Waals surface area contributed by atoms with Gasteiger partial charge in [-0.3, -0.25) is 4.79 Å². The van der Waals surface area contributed by atoms with Gasteiger partial charge in [-0.25, -0.2) is 0 Å². The van der Waals surface area contributed by atoms with Gasteiger partial charge in [-0.2, -0.15) is 0 Å². The molecule has 1 fully saturated rings. The third-order valence-corrected chi connectivity index (χ3v) is 3.34. The number of likely N-dealkylation sites (tertiary alicyclic amines) is 1. The van der Waals surface area contributed by atoms with Gasteiger partial charge in [0.1, 0.15) is 0 Å². The molecule has 1 aliphatic rings. The molecule has 0 spiro atoms. The highest BCUT2D eigenvalue weighted by Gasteiger charge is 2.17. The second-order valence-corrected chi connectivity index (χ2v) is 4.74. The van der Waals surface area contributed by atoms with E-state index in [-0.39, 0.29) is 5.97 Å². The molecule has 0 radical (unpaired) electrons. The van der Waals surface area contributed by atoms with Crippen LogP contribution in [0.4, 0.5) is 0 Å². The van der Waals surface area contributed by atoms with Gasteiger partial charge in [-0.1, -0.05) is 6.42 Å². The molecule has 1 aliphatic heterocycles. The number of carbonyl (C=O) groups excluding carboxylic acids is 1. The largest absolute Gasteiger partial charge is 0.466 e. The molecule has 4 heteroatoms. The second kappa shape index (κ2) is 8.48. The van der Waals surface area contributed by atoms with Gasteiger partial charge >= 0.3 is 5.97 Å². The van der Waals surface area contributed by atoms with Gasteiger partial charge in [-0.05, 0) is 46.3 Å². The lowest BCUT2D eigenvalue weighted by atomic mass is 10.0. The van der Waals surface area contributed by atoms with Crippen LogP contribution in [0.25, 0.3) is 0 Å². The van der Waals surface area contributed by atoms with E-state index in [1.54, 1.807) is 0 Å². The number of nitrogens with zero attached hydrogens (tertiary/aromatic N) is 1. The summed E-state index contributed by atoms with van der Waals surface area (Å²) in [6.45, 7) is 5.49. The number of piperidine rings is 1. The number of likely N-dealkylation sites (N-methyl/N-ethyl adjacent to an activating group) is 1. The van der Waals surface area contributed by atoms with E-state index in [0.717, 1.165) is 19.5 Å². The SMILES string of the molecule is CCOC(=O)CCCNCC1CCCCN1C. The average molecular weight is 242 g/mol. The van der Waals surface area contributed by atoms with E-state index in [0.29, 0.717) is 19.1 Å². The van der Waals surface area contributed by atoms with Crippen LogP contribution in [-0.2, 0) is 9.53 Å². The highest BCUT2D eigenvalue weighted by Crippen LogP contribution is 2.13. The Morgan fingerprint density at radius 3 is 3.00 bits per heavy atom. The predicted octanol–water partition coefficient (Wildman–Crippen LogP) is 1.40. The first-order chi connectivity index (χ1) is 8.24. The molecule has 1 N–H and O–H groups in total. The van der Waals surface area contributed by atoms with Crippen molar-refractivity contribution in [3.05, 3.63) is 0 Å². The van der Waals surface area contributed by atoms with Crippen LogP contribution in [0.5, 0.6) is 0 Å². The summed E-state index contributed by atoms with van der Waals surface area (Å²) in [7, 11) is 2.20. The van der Waals surface area contributed by atoms with Crippen molar-refractivity contribution in [2.75, 3.05) is 33.3 Å². The number of nitrogens with one attached hydrogen (secondary N) is 1. The number of carbonyl (C=O) groups is 1. The zero-order valence-electron chi connectivity index (χ0n) is 11.2. The molecule has 0 amide bonds. The molecule has 1 unspecified atom stereocenters. The van der Waals surface area contributed by atoms with Gasteiger partial charge in [-0.15, -0.1) is 0 Å². The Hall–Kier alpha value is -0.610. The van der Waals surface area contributed by atoms with Crippen LogP contribution >= 0.6 is 0 Å². The van der Waals surface area contributed by atoms with Crippen molar-refractivity contribution in [3.63, 3.8) is 0 Å². The summed E-state index contributed by atoms with van der Waals surface area (Å²) >= 11 is 0. The monoisotopic (exact) mass is 242 g/mol. The molecule has 0 aromatic heterocycles. The van der Waals surface area contributed by atoms with E-state index in [1.165, 1.54) is 25.8 Å². The third-order valence-electron chi connectivity index (χ3n) is 3.34. The quantitative estimate of drug-likeness (QED) is 0.541. The van der Waals surface area contributed by atoms with Gasteiger partial charge in [0.2, 0.25) is 0 Å². The molecule has 1 saturated heterocycles. The number of ether oxygens (including phenoxy) is 1. The molecular formula is C13H26N2O2. The van der Waals surface area contributed by atoms with Crippen LogP contribution in [0, 0.1) is 0 Å². The normalized spacial score (nSPS) is 21.4. The second-order valence-electron chi connectivity index (χ2n) is 4.74. The molecular weight excluding hydrogens is 216 g/mol. The van der Waals surface area contributed by atoms with Crippen molar-refractivity contribution in [1.82, 2.24) is 10.2 Å². The van der Waals surface area contributed by atoms with E-state index in [9.17, 15) is 4.79 Å². The summed E-state index contributed by atoms with van der Waals surface area (Å²) in [6.07, 6.45) is 5.37. The molecule has 100 valence electrons. The Morgan fingerprint density at radius 1 is 1.47 bits per heavy atom. The summed E-state index contributed by atoms with van der Waals surface area (Å²) in [5.41, 5.74) is 0. The minimum absolute atomic E-state index is 0.0796. The Balaban J connectivity index is 1.98. The summed E-state index contributed by atoms with van der Waals surface area (Å²) in [6, 6.07) is 0.673. The zero-order valence-corrected chi connectivity index (χ0v) is 11.2. The zero-order chi connectivity index (χ0) is 12.5. The van der Waals surface area contributed by atoms with Crippen molar-refractivity contribution in [2.24, 2.45) is 0 Å². The molecule has 1 atom stereocenters. The fourth-order valence-electron chi connectivity index (χ4n) is 2.26. The number of hydrogen-bond donors (Lipinski definition) is 1. The van der Waals surface area contributed by atoms with Gasteiger partial charge < -0.3 is 15.0 Å². The van der Waals surface area contributed by atoms with Crippen LogP contribution in [0.1, 0.15) is 39.0 Å². The van der Waals surface area contributed by atoms with E-state index in [1.807, 2.05) is 6.92 Å². The Bertz CT molecular complexity index is 221. The van der Waals surface area contributed by atoms with Crippen molar-refractivity contribution >= 4 is 5.97 Å². The molecule has 17 heavy (non-hydrogen) atoms. The molecule has 4 nitrogen and oxygen atoms in total. The summed E-state index contributed by atoms with van der Waals surface area (Å²) < 4.78 is 4.88. The molecule has 0 aromatic carbocycles. The smallest absolute Gasteiger partial charge is 0.305 e. The van der Waals surface area contributed by atoms with Crippen LogP contribution in [0.3, 0.4) is 0 Å². The molecule has 1 rings (SSSR count). The van der Waals surface area contributed by atoms with Gasteiger partial charge in [0.15, 0.2) is 0 Å². The maximum atomic E-state index is 11.1. The highest BCUT2D eigenvalue weighted by atomic mass is 16.5. The molecule has 1 heterocycles. The summed E-state index contributed by atoms with van der Waals surface area (Å²) in [4.78, 5) is 13.5. The van der Waals surface area contributed by atoms with Crippen molar-refractivity contribution < 1.29 is 9.53 Å². The minimum Gasteiger partial charge on any atom is -0.466 e. The molecule has 0 bridgehead atoms. The topological polar surface area (TPSA) is 41.6 Å². The van der Waals surface area contributed by atoms with Crippen LogP contribution < -0.4 is 5.32 Å². The molecule has 0 saturated carbocycles. The third kappa shape index (κ3) is 6.03. The van der Waals surface area contributed by atoms with Crippen molar-refractivity contribution in [2.45, 2.75) is 45.1 Å². The molecule has 0 aliphatic carbocycles. The lowest BCUT2D eigenvalue weighted by Crippen LogP contribution is -2.43. The van der Waals surface area contributed by atoms with Gasteiger partial charge in [0, 0.05) is 19.0 Å². The minimum atomic E-state index is -0.0796. The number of esters is 1. The van der Waals surface area contributed by atoms with E-state index < -0.39 is 0 Å². The first kappa shape index (κ1) is 14.5. The van der Waals surface area contributed by atoms with Crippen molar-refractivity contribution in [3.8, 4) is 0 Å². The average Bonchev–Trinajstić information content (AvgIpc) is 2.31. The summed E-state index contributed by atoms with van der Waals surface area (Å²) in [5, 5.41) is 3.43. The highest BCUT2D eigenvalue weighted by molar-refractivity contribution is 5.69. The number of hydrogen-bond acceptors (Lipinski definition) is 4. The standard InChI is InChI=1S/C13H26N2O2/c1-3-17-13(16)8-6-9-14-11-12-7-4-5-10-15(12)2/h12,14H,3-11H2,1-2H3. The first-order valence-corrected chi connectivity index (χ1v) is 6.80. The fourth-order valence-corrected chi connectivity index (χ4v) is 2.26. The fraction of sp³-hybridized carbons (Fsp3) is 0.923. The van der Waals surface area contributed by atoms with Crippen LogP contribution in [0.2, 0.25) is 0 Å². The lowest BCUT2D eigenvalue weighted by Gasteiger charge is -2.32. The van der Waals surface area contributed by atoms with E-state index in [2.05, 4.69) is 17.3 Å². The van der Waals surface area contributed by atoms with E-state index in [4.69, 9.17) is 4.74 Å².